The number of aliphatic carboxylic acids is 1. The van der Waals surface area contributed by atoms with Crippen LogP contribution in [0.2, 0.25) is 0 Å². The zero-order valence-electron chi connectivity index (χ0n) is 12.7. The second kappa shape index (κ2) is 7.49. The first kappa shape index (κ1) is 15.9. The third-order valence-electron chi connectivity index (χ3n) is 4.85. The molecule has 0 aliphatic heterocycles. The summed E-state index contributed by atoms with van der Waals surface area (Å²) in [5, 5.41) is 11.9. The van der Waals surface area contributed by atoms with Crippen molar-refractivity contribution in [3.63, 3.8) is 0 Å². The van der Waals surface area contributed by atoms with Crippen molar-refractivity contribution in [1.82, 2.24) is 5.32 Å². The maximum atomic E-state index is 11.8. The van der Waals surface area contributed by atoms with Crippen molar-refractivity contribution < 1.29 is 14.7 Å². The second-order valence-electron chi connectivity index (χ2n) is 6.30. The second-order valence-corrected chi connectivity index (χ2v) is 6.30. The van der Waals surface area contributed by atoms with Gasteiger partial charge in [0.15, 0.2) is 0 Å². The van der Waals surface area contributed by atoms with E-state index in [2.05, 4.69) is 17.2 Å². The average molecular weight is 291 g/mol. The fourth-order valence-electron chi connectivity index (χ4n) is 3.56. The number of nitrogens with one attached hydrogen (secondary N) is 1. The van der Waals surface area contributed by atoms with Crippen molar-refractivity contribution in [3.8, 4) is 11.8 Å². The van der Waals surface area contributed by atoms with E-state index in [9.17, 15) is 14.7 Å². The predicted molar refractivity (Wildman–Crippen MR) is 80.4 cm³/mol. The molecule has 4 nitrogen and oxygen atoms in total. The van der Waals surface area contributed by atoms with E-state index in [-0.39, 0.29) is 11.8 Å². The third kappa shape index (κ3) is 4.23. The minimum absolute atomic E-state index is 0.133. The van der Waals surface area contributed by atoms with Crippen LogP contribution in [-0.2, 0) is 9.59 Å². The number of amides is 1. The third-order valence-corrected chi connectivity index (χ3v) is 4.85. The zero-order valence-corrected chi connectivity index (χ0v) is 12.7. The zero-order chi connectivity index (χ0) is 15.2. The molecule has 0 aromatic heterocycles. The van der Waals surface area contributed by atoms with Gasteiger partial charge in [-0.05, 0) is 32.1 Å². The topological polar surface area (TPSA) is 66.4 Å². The van der Waals surface area contributed by atoms with Gasteiger partial charge >= 0.3 is 5.97 Å². The normalized spacial score (nSPS) is 30.0. The fourth-order valence-corrected chi connectivity index (χ4v) is 3.56. The number of carboxylic acid groups (broad SMARTS) is 1. The molecule has 0 saturated heterocycles. The highest BCUT2D eigenvalue weighted by Crippen LogP contribution is 2.34. The van der Waals surface area contributed by atoms with Gasteiger partial charge in [-0.3, -0.25) is 9.59 Å². The molecular weight excluding hydrogens is 266 g/mol. The van der Waals surface area contributed by atoms with Gasteiger partial charge in [0.25, 0.3) is 0 Å². The summed E-state index contributed by atoms with van der Waals surface area (Å²) in [6, 6.07) is 0. The minimum Gasteiger partial charge on any atom is -0.481 e. The first-order valence-electron chi connectivity index (χ1n) is 8.07. The van der Waals surface area contributed by atoms with Crippen molar-refractivity contribution in [2.75, 3.05) is 7.05 Å². The lowest BCUT2D eigenvalue weighted by Crippen LogP contribution is -2.40. The summed E-state index contributed by atoms with van der Waals surface area (Å²) in [6.07, 6.45) is 8.18. The Kier molecular flexibility index (Phi) is 5.67. The predicted octanol–water partition coefficient (Wildman–Crippen LogP) is 2.43. The molecule has 2 fully saturated rings. The molecule has 2 saturated carbocycles. The van der Waals surface area contributed by atoms with Gasteiger partial charge in [0, 0.05) is 18.9 Å². The van der Waals surface area contributed by atoms with Gasteiger partial charge in [-0.2, -0.15) is 0 Å². The van der Waals surface area contributed by atoms with Crippen LogP contribution in [0.4, 0.5) is 0 Å². The molecular formula is C17H25NO3. The molecule has 0 bridgehead atoms. The quantitative estimate of drug-likeness (QED) is 0.768. The van der Waals surface area contributed by atoms with Crippen molar-refractivity contribution >= 4 is 11.9 Å². The van der Waals surface area contributed by atoms with E-state index < -0.39 is 17.8 Å². The average Bonchev–Trinajstić information content (AvgIpc) is 2.52. The summed E-state index contributed by atoms with van der Waals surface area (Å²) < 4.78 is 0. The molecule has 0 aromatic rings. The molecule has 21 heavy (non-hydrogen) atoms. The van der Waals surface area contributed by atoms with Gasteiger partial charge in [0.2, 0.25) is 5.91 Å². The smallest absolute Gasteiger partial charge is 0.307 e. The lowest BCUT2D eigenvalue weighted by atomic mass is 9.73. The molecule has 2 N–H and O–H groups in total. The Bertz CT molecular complexity index is 443. The van der Waals surface area contributed by atoms with Crippen LogP contribution < -0.4 is 5.32 Å². The molecule has 2 aliphatic carbocycles. The maximum absolute atomic E-state index is 11.8. The lowest BCUT2D eigenvalue weighted by Gasteiger charge is -2.30. The minimum atomic E-state index is -0.868. The van der Waals surface area contributed by atoms with E-state index in [0.717, 1.165) is 6.42 Å². The van der Waals surface area contributed by atoms with Crippen LogP contribution in [0.3, 0.4) is 0 Å². The van der Waals surface area contributed by atoms with Gasteiger partial charge in [0.1, 0.15) is 0 Å². The summed E-state index contributed by atoms with van der Waals surface area (Å²) in [4.78, 5) is 23.2. The van der Waals surface area contributed by atoms with E-state index in [1.807, 2.05) is 0 Å². The molecule has 1 amide bonds. The Labute approximate surface area is 126 Å². The molecule has 0 spiro atoms. The Morgan fingerprint density at radius 1 is 0.952 bits per heavy atom. The van der Waals surface area contributed by atoms with Crippen LogP contribution >= 0.6 is 0 Å². The molecule has 3 atom stereocenters. The summed E-state index contributed by atoms with van der Waals surface area (Å²) in [7, 11) is 1.57. The monoisotopic (exact) mass is 291 g/mol. The van der Waals surface area contributed by atoms with Crippen molar-refractivity contribution in [2.24, 2.45) is 23.7 Å². The van der Waals surface area contributed by atoms with Crippen LogP contribution in [0.25, 0.3) is 0 Å². The highest BCUT2D eigenvalue weighted by molar-refractivity contribution is 5.84. The molecule has 4 heteroatoms. The van der Waals surface area contributed by atoms with E-state index >= 15 is 0 Å². The Balaban J connectivity index is 1.97. The van der Waals surface area contributed by atoms with Crippen molar-refractivity contribution in [3.05, 3.63) is 0 Å². The Morgan fingerprint density at radius 3 is 2.24 bits per heavy atom. The Hall–Kier alpha value is -1.50. The van der Waals surface area contributed by atoms with E-state index in [1.54, 1.807) is 7.05 Å². The summed E-state index contributed by atoms with van der Waals surface area (Å²) in [5.41, 5.74) is 0. The molecule has 116 valence electrons. The summed E-state index contributed by atoms with van der Waals surface area (Å²) in [5.74, 6) is 5.29. The van der Waals surface area contributed by atoms with Crippen LogP contribution in [0.15, 0.2) is 0 Å². The first-order chi connectivity index (χ1) is 10.1. The molecule has 3 unspecified atom stereocenters. The van der Waals surface area contributed by atoms with Crippen LogP contribution in [0.5, 0.6) is 0 Å². The number of rotatable bonds is 2. The number of hydrogen-bond acceptors (Lipinski definition) is 2. The SMILES string of the molecule is CNC(=O)C1CCC(C#CC2CCCCC2)CC1C(=O)O. The number of carbonyl (C=O) groups excluding carboxylic acids is 1. The van der Waals surface area contributed by atoms with Crippen LogP contribution in [0.1, 0.15) is 51.4 Å². The van der Waals surface area contributed by atoms with E-state index in [4.69, 9.17) is 0 Å². The van der Waals surface area contributed by atoms with Gasteiger partial charge in [-0.15, -0.1) is 0 Å². The van der Waals surface area contributed by atoms with E-state index in [0.29, 0.717) is 18.8 Å². The Morgan fingerprint density at radius 2 is 1.62 bits per heavy atom. The molecule has 2 aliphatic rings. The standard InChI is InChI=1S/C17H25NO3/c1-18-16(19)14-10-9-13(11-15(14)17(20)21)8-7-12-5-3-2-4-6-12/h12-15H,2-6,9-11H2,1H3,(H,18,19)(H,20,21). The van der Waals surface area contributed by atoms with E-state index in [1.165, 1.54) is 32.1 Å². The molecule has 2 rings (SSSR count). The van der Waals surface area contributed by atoms with Crippen molar-refractivity contribution in [1.29, 1.82) is 0 Å². The molecule has 0 heterocycles. The first-order valence-corrected chi connectivity index (χ1v) is 8.07. The highest BCUT2D eigenvalue weighted by Gasteiger charge is 2.38. The number of hydrogen-bond donors (Lipinski definition) is 2. The van der Waals surface area contributed by atoms with Gasteiger partial charge < -0.3 is 10.4 Å². The summed E-state index contributed by atoms with van der Waals surface area (Å²) >= 11 is 0. The van der Waals surface area contributed by atoms with Crippen LogP contribution in [0, 0.1) is 35.5 Å². The van der Waals surface area contributed by atoms with Gasteiger partial charge in [0.05, 0.1) is 11.8 Å². The number of carboxylic acids is 1. The highest BCUT2D eigenvalue weighted by atomic mass is 16.4. The molecule has 0 aromatic carbocycles. The van der Waals surface area contributed by atoms with Crippen molar-refractivity contribution in [2.45, 2.75) is 51.4 Å². The summed E-state index contributed by atoms with van der Waals surface area (Å²) in [6.45, 7) is 0. The number of carbonyl (C=O) groups is 2. The largest absolute Gasteiger partial charge is 0.481 e. The molecule has 0 radical (unpaired) electrons. The maximum Gasteiger partial charge on any atom is 0.307 e. The fraction of sp³-hybridized carbons (Fsp3) is 0.765. The van der Waals surface area contributed by atoms with Gasteiger partial charge in [-0.1, -0.05) is 31.1 Å². The van der Waals surface area contributed by atoms with Crippen LogP contribution in [-0.4, -0.2) is 24.0 Å². The van der Waals surface area contributed by atoms with Gasteiger partial charge in [-0.25, -0.2) is 0 Å². The lowest BCUT2D eigenvalue weighted by molar-refractivity contribution is -0.149.